The molecule has 1 aromatic rings. The molecule has 4 atom stereocenters. The van der Waals surface area contributed by atoms with Gasteiger partial charge in [0, 0.05) is 0 Å². The van der Waals surface area contributed by atoms with Gasteiger partial charge in [-0.2, -0.15) is 0 Å². The van der Waals surface area contributed by atoms with Gasteiger partial charge in [0.05, 0.1) is 0 Å². The molecule has 2 N–H and O–H groups in total. The molecule has 2 aliphatic carbocycles. The van der Waals surface area contributed by atoms with Crippen LogP contribution in [0.4, 0.5) is 0 Å². The van der Waals surface area contributed by atoms with Gasteiger partial charge in [-0.1, -0.05) is 36.2 Å². The Hall–Kier alpha value is -0.820. The maximum atomic E-state index is 6.05. The zero-order valence-electron chi connectivity index (χ0n) is 10.7. The molecule has 4 unspecified atom stereocenters. The van der Waals surface area contributed by atoms with Gasteiger partial charge in [-0.15, -0.1) is 0 Å². The molecule has 1 heteroatoms. The highest BCUT2D eigenvalue weighted by Gasteiger charge is 2.42. The summed E-state index contributed by atoms with van der Waals surface area (Å²) in [6, 6.07) is 9.04. The second kappa shape index (κ2) is 4.45. The van der Waals surface area contributed by atoms with Crippen molar-refractivity contribution < 1.29 is 0 Å². The highest BCUT2D eigenvalue weighted by molar-refractivity contribution is 5.26. The van der Waals surface area contributed by atoms with Crippen LogP contribution in [0, 0.1) is 24.7 Å². The fourth-order valence-corrected chi connectivity index (χ4v) is 4.16. The molecule has 2 saturated carbocycles. The van der Waals surface area contributed by atoms with E-state index in [1.165, 1.54) is 36.8 Å². The molecule has 1 nitrogen and oxygen atoms in total. The maximum Gasteiger partial charge on any atom is -0.000546 e. The van der Waals surface area contributed by atoms with Crippen LogP contribution in [0.15, 0.2) is 24.3 Å². The third-order valence-corrected chi connectivity index (χ3v) is 5.07. The summed E-state index contributed by atoms with van der Waals surface area (Å²) >= 11 is 0. The Morgan fingerprint density at radius 3 is 2.47 bits per heavy atom. The van der Waals surface area contributed by atoms with Crippen LogP contribution in [0.2, 0.25) is 0 Å². The summed E-state index contributed by atoms with van der Waals surface area (Å²) in [4.78, 5) is 0. The monoisotopic (exact) mass is 229 g/mol. The number of hydrogen-bond donors (Lipinski definition) is 1. The molecule has 0 spiro atoms. The van der Waals surface area contributed by atoms with Crippen LogP contribution in [0.3, 0.4) is 0 Å². The first-order valence-electron chi connectivity index (χ1n) is 7.04. The lowest BCUT2D eigenvalue weighted by Gasteiger charge is -2.30. The highest BCUT2D eigenvalue weighted by atomic mass is 14.6. The van der Waals surface area contributed by atoms with Crippen molar-refractivity contribution in [1.82, 2.24) is 0 Å². The van der Waals surface area contributed by atoms with E-state index < -0.39 is 0 Å². The first kappa shape index (κ1) is 11.3. The fraction of sp³-hybridized carbons (Fsp3) is 0.625. The molecule has 3 rings (SSSR count). The van der Waals surface area contributed by atoms with Crippen LogP contribution in [-0.4, -0.2) is 6.54 Å². The lowest BCUT2D eigenvalue weighted by Crippen LogP contribution is -2.25. The van der Waals surface area contributed by atoms with E-state index in [9.17, 15) is 0 Å². The molecular formula is C16H23N. The Bertz CT molecular complexity index is 381. The highest BCUT2D eigenvalue weighted by Crippen LogP contribution is 2.52. The average molecular weight is 229 g/mol. The summed E-state index contributed by atoms with van der Waals surface area (Å²) in [5, 5.41) is 0. The molecule has 92 valence electrons. The summed E-state index contributed by atoms with van der Waals surface area (Å²) in [6.07, 6.45) is 5.84. The zero-order valence-corrected chi connectivity index (χ0v) is 10.7. The Morgan fingerprint density at radius 1 is 1.18 bits per heavy atom. The smallest absolute Gasteiger partial charge is 0.000546 e. The van der Waals surface area contributed by atoms with Gasteiger partial charge in [-0.25, -0.2) is 0 Å². The Balaban J connectivity index is 1.81. The normalized spacial score (nSPS) is 32.9. The van der Waals surface area contributed by atoms with Crippen molar-refractivity contribution in [3.05, 3.63) is 35.4 Å². The van der Waals surface area contributed by atoms with Gasteiger partial charge in [0.2, 0.25) is 0 Å². The second-order valence-electron chi connectivity index (χ2n) is 6.09. The summed E-state index contributed by atoms with van der Waals surface area (Å²) in [6.45, 7) is 2.97. The minimum absolute atomic E-state index is 0.603. The predicted octanol–water partition coefficient (Wildman–Crippen LogP) is 3.47. The Morgan fingerprint density at radius 2 is 1.94 bits per heavy atom. The van der Waals surface area contributed by atoms with E-state index in [0.29, 0.717) is 5.92 Å². The van der Waals surface area contributed by atoms with E-state index in [1.807, 2.05) is 0 Å². The molecule has 0 amide bonds. The number of rotatable bonds is 3. The van der Waals surface area contributed by atoms with Crippen LogP contribution in [0.25, 0.3) is 0 Å². The number of hydrogen-bond acceptors (Lipinski definition) is 1. The van der Waals surface area contributed by atoms with Gasteiger partial charge in [0.1, 0.15) is 0 Å². The number of fused-ring (bicyclic) bond motifs is 2. The summed E-state index contributed by atoms with van der Waals surface area (Å²) < 4.78 is 0. The quantitative estimate of drug-likeness (QED) is 0.843. The third kappa shape index (κ3) is 2.01. The zero-order chi connectivity index (χ0) is 11.8. The predicted molar refractivity (Wildman–Crippen MR) is 71.9 cm³/mol. The van der Waals surface area contributed by atoms with E-state index >= 15 is 0 Å². The van der Waals surface area contributed by atoms with Gasteiger partial charge >= 0.3 is 0 Å². The molecular weight excluding hydrogens is 206 g/mol. The number of nitrogens with two attached hydrogens (primary N) is 1. The van der Waals surface area contributed by atoms with Crippen molar-refractivity contribution in [3.8, 4) is 0 Å². The van der Waals surface area contributed by atoms with Crippen molar-refractivity contribution in [1.29, 1.82) is 0 Å². The Kier molecular flexibility index (Phi) is 2.96. The molecule has 0 aromatic heterocycles. The van der Waals surface area contributed by atoms with Crippen molar-refractivity contribution in [2.24, 2.45) is 23.5 Å². The van der Waals surface area contributed by atoms with Gasteiger partial charge in [0.15, 0.2) is 0 Å². The Labute approximate surface area is 104 Å². The summed E-state index contributed by atoms with van der Waals surface area (Å²) in [5.41, 5.74) is 8.87. The fourth-order valence-electron chi connectivity index (χ4n) is 4.16. The van der Waals surface area contributed by atoms with E-state index in [1.54, 1.807) is 0 Å². The minimum Gasteiger partial charge on any atom is -0.330 e. The molecule has 0 heterocycles. The van der Waals surface area contributed by atoms with Crippen LogP contribution in [-0.2, 0) is 0 Å². The molecule has 2 bridgehead atoms. The molecule has 17 heavy (non-hydrogen) atoms. The van der Waals surface area contributed by atoms with Crippen LogP contribution in [0.1, 0.15) is 42.7 Å². The molecule has 1 aromatic carbocycles. The first-order valence-corrected chi connectivity index (χ1v) is 7.04. The molecule has 0 saturated heterocycles. The average Bonchev–Trinajstić information content (AvgIpc) is 2.95. The summed E-state index contributed by atoms with van der Waals surface area (Å²) in [7, 11) is 0. The number of aryl methyl sites for hydroxylation is 1. The van der Waals surface area contributed by atoms with E-state index in [2.05, 4.69) is 31.2 Å². The molecule has 0 aliphatic heterocycles. The van der Waals surface area contributed by atoms with Crippen molar-refractivity contribution in [2.45, 2.75) is 38.5 Å². The standard InChI is InChI=1S/C16H23N/c1-11-2-5-13(6-3-11)16(10-17)15-9-12-4-7-14(15)8-12/h2-3,5-6,12,14-16H,4,7-10,17H2,1H3. The van der Waals surface area contributed by atoms with Crippen molar-refractivity contribution in [2.75, 3.05) is 6.54 Å². The lowest BCUT2D eigenvalue weighted by atomic mass is 9.76. The van der Waals surface area contributed by atoms with E-state index in [0.717, 1.165) is 24.3 Å². The van der Waals surface area contributed by atoms with Crippen molar-refractivity contribution in [3.63, 3.8) is 0 Å². The van der Waals surface area contributed by atoms with E-state index in [-0.39, 0.29) is 0 Å². The number of benzene rings is 1. The lowest BCUT2D eigenvalue weighted by molar-refractivity contribution is 0.284. The first-order chi connectivity index (χ1) is 8.28. The minimum atomic E-state index is 0.603. The second-order valence-corrected chi connectivity index (χ2v) is 6.09. The van der Waals surface area contributed by atoms with Crippen molar-refractivity contribution >= 4 is 0 Å². The maximum absolute atomic E-state index is 6.05. The molecule has 0 radical (unpaired) electrons. The van der Waals surface area contributed by atoms with Gasteiger partial charge in [0.25, 0.3) is 0 Å². The summed E-state index contributed by atoms with van der Waals surface area (Å²) in [5.74, 6) is 3.45. The molecule has 2 fully saturated rings. The topological polar surface area (TPSA) is 26.0 Å². The van der Waals surface area contributed by atoms with E-state index in [4.69, 9.17) is 5.73 Å². The largest absolute Gasteiger partial charge is 0.330 e. The SMILES string of the molecule is Cc1ccc(C(CN)C2CC3CCC2C3)cc1. The molecule has 2 aliphatic rings. The van der Waals surface area contributed by atoms with Gasteiger partial charge in [-0.3, -0.25) is 0 Å². The van der Waals surface area contributed by atoms with Gasteiger partial charge in [-0.05, 0) is 62.0 Å². The van der Waals surface area contributed by atoms with Crippen LogP contribution >= 0.6 is 0 Å². The third-order valence-electron chi connectivity index (χ3n) is 5.07. The van der Waals surface area contributed by atoms with Crippen LogP contribution in [0.5, 0.6) is 0 Å². The van der Waals surface area contributed by atoms with Gasteiger partial charge < -0.3 is 5.73 Å². The van der Waals surface area contributed by atoms with Crippen LogP contribution < -0.4 is 5.73 Å².